The second-order valence-electron chi connectivity index (χ2n) is 4.69. The van der Waals surface area contributed by atoms with Crippen molar-refractivity contribution in [2.75, 3.05) is 0 Å². The Kier molecular flexibility index (Phi) is 2.51. The summed E-state index contributed by atoms with van der Waals surface area (Å²) in [5, 5.41) is 0. The second-order valence-corrected chi connectivity index (χ2v) is 4.69. The van der Waals surface area contributed by atoms with Gasteiger partial charge in [0.1, 0.15) is 0 Å². The smallest absolute Gasteiger partial charge is 0.0995 e. The summed E-state index contributed by atoms with van der Waals surface area (Å²) < 4.78 is 2.10. The van der Waals surface area contributed by atoms with Gasteiger partial charge in [-0.2, -0.15) is 0 Å². The molecule has 15 heavy (non-hydrogen) atoms. The summed E-state index contributed by atoms with van der Waals surface area (Å²) >= 11 is 0. The third kappa shape index (κ3) is 1.76. The van der Waals surface area contributed by atoms with Gasteiger partial charge in [0.25, 0.3) is 0 Å². The number of hydrogen-bond donors (Lipinski definition) is 0. The van der Waals surface area contributed by atoms with Gasteiger partial charge in [0, 0.05) is 6.20 Å². The molecule has 2 nitrogen and oxygen atoms in total. The average molecular weight is 202 g/mol. The Bertz CT molecular complexity index is 466. The van der Waals surface area contributed by atoms with Gasteiger partial charge in [-0.15, -0.1) is 0 Å². The van der Waals surface area contributed by atoms with Crippen molar-refractivity contribution in [3.8, 4) is 0 Å². The molecule has 0 N–H and O–H groups in total. The Morgan fingerprint density at radius 3 is 2.47 bits per heavy atom. The highest BCUT2D eigenvalue weighted by Gasteiger charge is 2.09. The van der Waals surface area contributed by atoms with E-state index < -0.39 is 0 Å². The Morgan fingerprint density at radius 1 is 1.13 bits per heavy atom. The van der Waals surface area contributed by atoms with Gasteiger partial charge in [0.05, 0.1) is 17.5 Å². The largest absolute Gasteiger partial charge is 0.306 e. The fraction of sp³-hybridized carbons (Fsp3) is 0.462. The van der Waals surface area contributed by atoms with Crippen molar-refractivity contribution in [2.45, 2.75) is 39.5 Å². The van der Waals surface area contributed by atoms with E-state index in [2.05, 4.69) is 55.4 Å². The molecule has 2 heterocycles. The topological polar surface area (TPSA) is 17.3 Å². The van der Waals surface area contributed by atoms with Crippen LogP contribution in [-0.2, 0) is 0 Å². The van der Waals surface area contributed by atoms with Crippen LogP contribution < -0.4 is 0 Å². The first-order valence-electron chi connectivity index (χ1n) is 5.56. The predicted octanol–water partition coefficient (Wildman–Crippen LogP) is 3.58. The van der Waals surface area contributed by atoms with Crippen LogP contribution >= 0.6 is 0 Å². The molecular weight excluding hydrogens is 184 g/mol. The van der Waals surface area contributed by atoms with Crippen LogP contribution in [0.5, 0.6) is 0 Å². The summed E-state index contributed by atoms with van der Waals surface area (Å²) in [6.07, 6.45) is 4.00. The number of fused-ring (bicyclic) bond motifs is 1. The fourth-order valence-corrected chi connectivity index (χ4v) is 1.83. The van der Waals surface area contributed by atoms with E-state index in [1.807, 2.05) is 6.33 Å². The maximum Gasteiger partial charge on any atom is 0.0995 e. The van der Waals surface area contributed by atoms with Crippen LogP contribution in [0.4, 0.5) is 0 Å². The van der Waals surface area contributed by atoms with E-state index >= 15 is 0 Å². The van der Waals surface area contributed by atoms with Gasteiger partial charge in [-0.25, -0.2) is 4.98 Å². The van der Waals surface area contributed by atoms with Crippen LogP contribution in [0.25, 0.3) is 5.52 Å². The number of rotatable bonds is 2. The van der Waals surface area contributed by atoms with Crippen molar-refractivity contribution in [1.29, 1.82) is 0 Å². The molecule has 0 radical (unpaired) electrons. The van der Waals surface area contributed by atoms with E-state index in [9.17, 15) is 0 Å². The molecule has 0 saturated heterocycles. The molecule has 0 aliphatic carbocycles. The summed E-state index contributed by atoms with van der Waals surface area (Å²) in [7, 11) is 0. The van der Waals surface area contributed by atoms with Crippen molar-refractivity contribution in [2.24, 2.45) is 0 Å². The number of aromatic nitrogens is 2. The molecule has 0 unspecified atom stereocenters. The van der Waals surface area contributed by atoms with E-state index in [0.717, 1.165) is 0 Å². The zero-order valence-corrected chi connectivity index (χ0v) is 9.86. The molecule has 0 bridgehead atoms. The van der Waals surface area contributed by atoms with Crippen molar-refractivity contribution >= 4 is 5.52 Å². The minimum Gasteiger partial charge on any atom is -0.306 e. The quantitative estimate of drug-likeness (QED) is 0.727. The summed E-state index contributed by atoms with van der Waals surface area (Å²) in [6.45, 7) is 8.81. The lowest BCUT2D eigenvalue weighted by molar-refractivity contribution is 0.838. The summed E-state index contributed by atoms with van der Waals surface area (Å²) in [6, 6.07) is 4.43. The van der Waals surface area contributed by atoms with Crippen LogP contribution in [0.2, 0.25) is 0 Å². The van der Waals surface area contributed by atoms with Crippen molar-refractivity contribution in [3.63, 3.8) is 0 Å². The molecule has 0 aliphatic heterocycles. The predicted molar refractivity (Wildman–Crippen MR) is 63.4 cm³/mol. The lowest BCUT2D eigenvalue weighted by Gasteiger charge is -2.07. The maximum atomic E-state index is 4.46. The highest BCUT2D eigenvalue weighted by molar-refractivity contribution is 5.55. The van der Waals surface area contributed by atoms with E-state index in [4.69, 9.17) is 0 Å². The minimum absolute atomic E-state index is 0.484. The third-order valence-corrected chi connectivity index (χ3v) is 2.81. The van der Waals surface area contributed by atoms with E-state index in [1.54, 1.807) is 0 Å². The van der Waals surface area contributed by atoms with Crippen LogP contribution in [-0.4, -0.2) is 9.38 Å². The van der Waals surface area contributed by atoms with Gasteiger partial charge in [-0.3, -0.25) is 0 Å². The molecule has 0 aliphatic rings. The molecule has 2 rings (SSSR count). The molecule has 0 spiro atoms. The zero-order chi connectivity index (χ0) is 11.0. The number of hydrogen-bond acceptors (Lipinski definition) is 1. The maximum absolute atomic E-state index is 4.46. The summed E-state index contributed by atoms with van der Waals surface area (Å²) in [5.41, 5.74) is 3.82. The molecule has 0 atom stereocenters. The molecule has 0 fully saturated rings. The van der Waals surface area contributed by atoms with Gasteiger partial charge in [0.2, 0.25) is 0 Å². The monoisotopic (exact) mass is 202 g/mol. The Hall–Kier alpha value is -1.31. The first kappa shape index (κ1) is 10.2. The Morgan fingerprint density at radius 2 is 1.87 bits per heavy atom. The molecule has 0 amide bonds. The fourth-order valence-electron chi connectivity index (χ4n) is 1.83. The second kappa shape index (κ2) is 3.69. The molecule has 2 heteroatoms. The Balaban J connectivity index is 2.61. The van der Waals surface area contributed by atoms with Crippen molar-refractivity contribution < 1.29 is 0 Å². The standard InChI is InChI=1S/C13H18N2/c1-9(2)11-5-6-15-8-14-13(10(3)4)12(15)7-11/h5-10H,1-4H3. The first-order chi connectivity index (χ1) is 7.09. The van der Waals surface area contributed by atoms with Crippen LogP contribution in [0, 0.1) is 0 Å². The average Bonchev–Trinajstić information content (AvgIpc) is 2.59. The minimum atomic E-state index is 0.484. The summed E-state index contributed by atoms with van der Waals surface area (Å²) in [5.74, 6) is 1.06. The first-order valence-corrected chi connectivity index (χ1v) is 5.56. The van der Waals surface area contributed by atoms with Gasteiger partial charge >= 0.3 is 0 Å². The molecule has 80 valence electrons. The number of imidazole rings is 1. The number of pyridine rings is 1. The van der Waals surface area contributed by atoms with Crippen molar-refractivity contribution in [1.82, 2.24) is 9.38 Å². The normalized spacial score (nSPS) is 11.9. The van der Waals surface area contributed by atoms with E-state index in [0.29, 0.717) is 11.8 Å². The highest BCUT2D eigenvalue weighted by Crippen LogP contribution is 2.22. The molecule has 2 aromatic heterocycles. The zero-order valence-electron chi connectivity index (χ0n) is 9.86. The van der Waals surface area contributed by atoms with E-state index in [-0.39, 0.29) is 0 Å². The van der Waals surface area contributed by atoms with Gasteiger partial charge in [-0.1, -0.05) is 27.7 Å². The van der Waals surface area contributed by atoms with Gasteiger partial charge in [-0.05, 0) is 29.5 Å². The van der Waals surface area contributed by atoms with Crippen LogP contribution in [0.3, 0.4) is 0 Å². The Labute approximate surface area is 91.0 Å². The highest BCUT2D eigenvalue weighted by atomic mass is 15.0. The third-order valence-electron chi connectivity index (χ3n) is 2.81. The van der Waals surface area contributed by atoms with Gasteiger partial charge < -0.3 is 4.40 Å². The van der Waals surface area contributed by atoms with E-state index in [1.165, 1.54) is 16.8 Å². The molecule has 0 aromatic carbocycles. The summed E-state index contributed by atoms with van der Waals surface area (Å²) in [4.78, 5) is 4.46. The van der Waals surface area contributed by atoms with Gasteiger partial charge in [0.15, 0.2) is 0 Å². The lowest BCUT2D eigenvalue weighted by atomic mass is 10.0. The molecule has 0 saturated carbocycles. The van der Waals surface area contributed by atoms with Crippen LogP contribution in [0.15, 0.2) is 24.7 Å². The molecular formula is C13H18N2. The van der Waals surface area contributed by atoms with Crippen LogP contribution in [0.1, 0.15) is 50.8 Å². The SMILES string of the molecule is CC(C)c1ccn2cnc(C(C)C)c2c1. The lowest BCUT2D eigenvalue weighted by Crippen LogP contribution is -1.93. The molecule has 2 aromatic rings. The number of nitrogens with zero attached hydrogens (tertiary/aromatic N) is 2. The van der Waals surface area contributed by atoms with Crippen molar-refractivity contribution in [3.05, 3.63) is 35.9 Å².